The van der Waals surface area contributed by atoms with E-state index in [0.717, 1.165) is 17.7 Å². The molecule has 0 saturated heterocycles. The lowest BCUT2D eigenvalue weighted by Gasteiger charge is -2.22. The zero-order valence-electron chi connectivity index (χ0n) is 16.6. The minimum atomic E-state index is -0.239. The van der Waals surface area contributed by atoms with Gasteiger partial charge in [-0.2, -0.15) is 0 Å². The summed E-state index contributed by atoms with van der Waals surface area (Å²) in [6.07, 6.45) is 1.08. The molecule has 1 N–H and O–H groups in total. The maximum Gasteiger partial charge on any atom is 0.258 e. The Bertz CT molecular complexity index is 1050. The minimum Gasteiger partial charge on any atom is -0.494 e. The van der Waals surface area contributed by atoms with Gasteiger partial charge in [-0.1, -0.05) is 30.7 Å². The van der Waals surface area contributed by atoms with Gasteiger partial charge in [0.25, 0.3) is 5.56 Å². The molecule has 3 aromatic rings. The molecular weight excluding hydrogens is 390 g/mol. The molecule has 6 nitrogen and oxygen atoms in total. The summed E-state index contributed by atoms with van der Waals surface area (Å²) in [7, 11) is 0. The molecule has 29 heavy (non-hydrogen) atoms. The van der Waals surface area contributed by atoms with Gasteiger partial charge in [0.1, 0.15) is 11.6 Å². The molecule has 0 aliphatic heterocycles. The molecule has 152 valence electrons. The number of aromatic amines is 1. The summed E-state index contributed by atoms with van der Waals surface area (Å²) in [5, 5.41) is 0.986. The highest BCUT2D eigenvalue weighted by Crippen LogP contribution is 2.16. The van der Waals surface area contributed by atoms with Crippen molar-refractivity contribution in [2.75, 3.05) is 13.2 Å². The normalized spacial score (nSPS) is 10.9. The largest absolute Gasteiger partial charge is 0.494 e. The number of aromatic nitrogens is 2. The Morgan fingerprint density at radius 3 is 2.62 bits per heavy atom. The van der Waals surface area contributed by atoms with Crippen LogP contribution in [0.4, 0.5) is 0 Å². The van der Waals surface area contributed by atoms with E-state index >= 15 is 0 Å². The molecule has 0 spiro atoms. The topological polar surface area (TPSA) is 75.3 Å². The monoisotopic (exact) mass is 413 g/mol. The summed E-state index contributed by atoms with van der Waals surface area (Å²) in [4.78, 5) is 34.2. The fraction of sp³-hybridized carbons (Fsp3) is 0.318. The van der Waals surface area contributed by atoms with Crippen LogP contribution in [-0.4, -0.2) is 33.9 Å². The number of amides is 1. The van der Waals surface area contributed by atoms with Crippen molar-refractivity contribution < 1.29 is 9.53 Å². The molecule has 0 saturated carbocycles. The highest BCUT2D eigenvalue weighted by Gasteiger charge is 2.16. The predicted octanol–water partition coefficient (Wildman–Crippen LogP) is 3.96. The molecule has 1 heterocycles. The SMILES string of the molecule is CCCN(Cc1nc2cc(Cl)ccc2c(=O)[nH]1)C(=O)Cc1ccc(OCC)cc1. The molecule has 0 bridgehead atoms. The van der Waals surface area contributed by atoms with E-state index in [-0.39, 0.29) is 24.4 Å². The maximum atomic E-state index is 12.9. The number of halogens is 1. The number of rotatable bonds is 8. The maximum absolute atomic E-state index is 12.9. The predicted molar refractivity (Wildman–Crippen MR) is 114 cm³/mol. The van der Waals surface area contributed by atoms with Crippen LogP contribution in [0.1, 0.15) is 31.7 Å². The van der Waals surface area contributed by atoms with E-state index in [2.05, 4.69) is 9.97 Å². The first-order valence-corrected chi connectivity index (χ1v) is 10.1. The molecule has 1 amide bonds. The number of H-pyrrole nitrogens is 1. The van der Waals surface area contributed by atoms with Crippen LogP contribution >= 0.6 is 11.6 Å². The number of hydrogen-bond donors (Lipinski definition) is 1. The highest BCUT2D eigenvalue weighted by molar-refractivity contribution is 6.31. The van der Waals surface area contributed by atoms with Crippen LogP contribution in [0.25, 0.3) is 10.9 Å². The highest BCUT2D eigenvalue weighted by atomic mass is 35.5. The number of carbonyl (C=O) groups is 1. The number of nitrogens with one attached hydrogen (secondary N) is 1. The van der Waals surface area contributed by atoms with E-state index in [1.807, 2.05) is 38.1 Å². The second-order valence-electron chi connectivity index (χ2n) is 6.74. The number of ether oxygens (including phenoxy) is 1. The molecule has 1 aromatic heterocycles. The van der Waals surface area contributed by atoms with E-state index in [9.17, 15) is 9.59 Å². The Balaban J connectivity index is 1.77. The van der Waals surface area contributed by atoms with Crippen molar-refractivity contribution >= 4 is 28.4 Å². The van der Waals surface area contributed by atoms with Gasteiger partial charge in [-0.05, 0) is 49.2 Å². The van der Waals surface area contributed by atoms with Crippen LogP contribution in [0, 0.1) is 0 Å². The standard InChI is InChI=1S/C22H24ClN3O3/c1-3-11-26(21(27)12-15-5-8-17(9-6-15)29-4-2)14-20-24-19-13-16(23)7-10-18(19)22(28)25-20/h5-10,13H,3-4,11-12,14H2,1-2H3,(H,24,25,28). The molecule has 0 aliphatic rings. The molecule has 0 fully saturated rings. The van der Waals surface area contributed by atoms with Crippen molar-refractivity contribution in [3.05, 3.63) is 69.2 Å². The molecule has 0 radical (unpaired) electrons. The lowest BCUT2D eigenvalue weighted by atomic mass is 10.1. The first-order valence-electron chi connectivity index (χ1n) is 9.68. The fourth-order valence-corrected chi connectivity index (χ4v) is 3.30. The lowest BCUT2D eigenvalue weighted by Crippen LogP contribution is -2.34. The van der Waals surface area contributed by atoms with Crippen molar-refractivity contribution in [3.63, 3.8) is 0 Å². The first kappa shape index (κ1) is 20.9. The van der Waals surface area contributed by atoms with Crippen molar-refractivity contribution in [1.82, 2.24) is 14.9 Å². The Morgan fingerprint density at radius 1 is 1.17 bits per heavy atom. The number of nitrogens with zero attached hydrogens (tertiary/aromatic N) is 2. The van der Waals surface area contributed by atoms with Crippen LogP contribution in [0.5, 0.6) is 5.75 Å². The summed E-state index contributed by atoms with van der Waals surface area (Å²) in [5.74, 6) is 1.20. The van der Waals surface area contributed by atoms with Crippen molar-refractivity contribution in [3.8, 4) is 5.75 Å². The molecule has 0 aliphatic carbocycles. The van der Waals surface area contributed by atoms with E-state index < -0.39 is 0 Å². The van der Waals surface area contributed by atoms with Gasteiger partial charge in [0, 0.05) is 11.6 Å². The van der Waals surface area contributed by atoms with Gasteiger partial charge in [0.2, 0.25) is 5.91 Å². The zero-order valence-corrected chi connectivity index (χ0v) is 17.3. The third-order valence-corrected chi connectivity index (χ3v) is 4.73. The quantitative estimate of drug-likeness (QED) is 0.606. The van der Waals surface area contributed by atoms with Crippen LogP contribution in [0.3, 0.4) is 0 Å². The first-order chi connectivity index (χ1) is 14.0. The number of fused-ring (bicyclic) bond motifs is 1. The molecular formula is C22H24ClN3O3. The van der Waals surface area contributed by atoms with Gasteiger partial charge in [0.05, 0.1) is 30.5 Å². The van der Waals surface area contributed by atoms with E-state index in [4.69, 9.17) is 16.3 Å². The van der Waals surface area contributed by atoms with E-state index in [1.54, 1.807) is 23.1 Å². The average Bonchev–Trinajstić information content (AvgIpc) is 2.69. The van der Waals surface area contributed by atoms with Crippen LogP contribution in [0.15, 0.2) is 47.3 Å². The smallest absolute Gasteiger partial charge is 0.258 e. The van der Waals surface area contributed by atoms with Crippen LogP contribution < -0.4 is 10.3 Å². The number of carbonyl (C=O) groups excluding carboxylic acids is 1. The van der Waals surface area contributed by atoms with Gasteiger partial charge < -0.3 is 14.6 Å². The lowest BCUT2D eigenvalue weighted by molar-refractivity contribution is -0.131. The van der Waals surface area contributed by atoms with E-state index in [1.165, 1.54) is 0 Å². The Kier molecular flexibility index (Phi) is 6.88. The van der Waals surface area contributed by atoms with Gasteiger partial charge >= 0.3 is 0 Å². The van der Waals surface area contributed by atoms with Gasteiger partial charge in [-0.3, -0.25) is 9.59 Å². The zero-order chi connectivity index (χ0) is 20.8. The van der Waals surface area contributed by atoms with Gasteiger partial charge in [0.15, 0.2) is 0 Å². The molecule has 2 aromatic carbocycles. The van der Waals surface area contributed by atoms with Crippen LogP contribution in [-0.2, 0) is 17.8 Å². The van der Waals surface area contributed by atoms with Gasteiger partial charge in [-0.15, -0.1) is 0 Å². The fourth-order valence-electron chi connectivity index (χ4n) is 3.14. The van der Waals surface area contributed by atoms with Crippen molar-refractivity contribution in [2.24, 2.45) is 0 Å². The van der Waals surface area contributed by atoms with Crippen molar-refractivity contribution in [2.45, 2.75) is 33.2 Å². The summed E-state index contributed by atoms with van der Waals surface area (Å²) >= 11 is 6.02. The third kappa shape index (κ3) is 5.35. The summed E-state index contributed by atoms with van der Waals surface area (Å²) in [5.41, 5.74) is 1.19. The number of benzene rings is 2. The van der Waals surface area contributed by atoms with E-state index in [0.29, 0.717) is 34.9 Å². The van der Waals surface area contributed by atoms with Gasteiger partial charge in [-0.25, -0.2) is 4.98 Å². The Hall–Kier alpha value is -2.86. The Labute approximate surface area is 174 Å². The molecule has 7 heteroatoms. The summed E-state index contributed by atoms with van der Waals surface area (Å²) in [6.45, 7) is 5.35. The number of hydrogen-bond acceptors (Lipinski definition) is 4. The van der Waals surface area contributed by atoms with Crippen molar-refractivity contribution in [1.29, 1.82) is 0 Å². The summed E-state index contributed by atoms with van der Waals surface area (Å²) < 4.78 is 5.44. The molecule has 3 rings (SSSR count). The molecule has 0 unspecified atom stereocenters. The minimum absolute atomic E-state index is 0.0233. The van der Waals surface area contributed by atoms with Crippen LogP contribution in [0.2, 0.25) is 5.02 Å². The molecule has 0 atom stereocenters. The average molecular weight is 414 g/mol. The third-order valence-electron chi connectivity index (χ3n) is 4.49. The second-order valence-corrected chi connectivity index (χ2v) is 7.18. The summed E-state index contributed by atoms with van der Waals surface area (Å²) in [6, 6.07) is 12.5. The Morgan fingerprint density at radius 2 is 1.93 bits per heavy atom. The second kappa shape index (κ2) is 9.56.